The molecule has 0 amide bonds. The van der Waals surface area contributed by atoms with Crippen molar-refractivity contribution in [3.05, 3.63) is 71.8 Å². The Bertz CT molecular complexity index is 858. The normalized spacial score (nSPS) is 15.2. The molecule has 6 nitrogen and oxygen atoms in total. The Morgan fingerprint density at radius 2 is 2.07 bits per heavy atom. The maximum absolute atomic E-state index is 4.59. The van der Waals surface area contributed by atoms with E-state index in [0.29, 0.717) is 0 Å². The number of aromatic nitrogens is 2. The zero-order chi connectivity index (χ0) is 20.2. The van der Waals surface area contributed by atoms with Crippen molar-refractivity contribution >= 4 is 34.8 Å². The predicted octanol–water partition coefficient (Wildman–Crippen LogP) is 3.39. The van der Waals surface area contributed by atoms with Crippen LogP contribution in [0.15, 0.2) is 65.2 Å². The van der Waals surface area contributed by atoms with Crippen molar-refractivity contribution in [1.29, 1.82) is 0 Å². The lowest BCUT2D eigenvalue weighted by molar-refractivity contribution is 0.923. The molecule has 0 saturated carbocycles. The predicted molar refractivity (Wildman–Crippen MR) is 121 cm³/mol. The highest BCUT2D eigenvalue weighted by molar-refractivity contribution is 8.15. The third-order valence-electron chi connectivity index (χ3n) is 3.87. The molecule has 146 valence electrons. The Labute approximate surface area is 170 Å². The summed E-state index contributed by atoms with van der Waals surface area (Å²) in [5, 5.41) is 5.44. The number of hydrogen-bond acceptors (Lipinski definition) is 6. The fourth-order valence-electron chi connectivity index (χ4n) is 2.48. The number of rotatable bonds is 6. The number of nitrogens with zero attached hydrogens (tertiary/aromatic N) is 4. The molecule has 3 heterocycles. The van der Waals surface area contributed by atoms with Crippen molar-refractivity contribution in [3.63, 3.8) is 0 Å². The average Bonchev–Trinajstić information content (AvgIpc) is 2.77. The number of nitrogens with two attached hydrogens (primary N) is 1. The van der Waals surface area contributed by atoms with Gasteiger partial charge >= 0.3 is 0 Å². The van der Waals surface area contributed by atoms with E-state index in [1.54, 1.807) is 24.2 Å². The van der Waals surface area contributed by atoms with E-state index in [9.17, 15) is 0 Å². The molecule has 1 aliphatic rings. The second kappa shape index (κ2) is 11.8. The summed E-state index contributed by atoms with van der Waals surface area (Å²) in [6, 6.07) is 5.99. The van der Waals surface area contributed by atoms with E-state index in [1.165, 1.54) is 12.6 Å². The largest absolute Gasteiger partial charge is 0.333 e. The Balaban J connectivity index is 0.00000136. The highest BCUT2D eigenvalue weighted by atomic mass is 32.2. The van der Waals surface area contributed by atoms with E-state index < -0.39 is 0 Å². The molecule has 28 heavy (non-hydrogen) atoms. The van der Waals surface area contributed by atoms with Crippen LogP contribution in [0.1, 0.15) is 23.6 Å². The van der Waals surface area contributed by atoms with Crippen LogP contribution in [0, 0.1) is 0 Å². The highest BCUT2D eigenvalue weighted by Crippen LogP contribution is 2.20. The van der Waals surface area contributed by atoms with Crippen molar-refractivity contribution in [2.75, 3.05) is 19.3 Å². The number of hydrazone groups is 1. The van der Waals surface area contributed by atoms with Crippen LogP contribution in [0.25, 0.3) is 12.2 Å². The molecular weight excluding hydrogens is 368 g/mol. The van der Waals surface area contributed by atoms with Gasteiger partial charge < -0.3 is 5.73 Å². The van der Waals surface area contributed by atoms with E-state index in [4.69, 9.17) is 0 Å². The van der Waals surface area contributed by atoms with Crippen molar-refractivity contribution in [2.24, 2.45) is 15.8 Å². The standard InChI is InChI=1S/C20H21N5S.CH5N/c1-3-17-13-22-9-7-18(17)11-15(2)20-25-24-19(14-26-20)23-10-6-16-5-4-8-21-12-16;1-2/h3-5,7-9,11-13H,1,6,10,14H2,2H3,(H,23,24);2H2,1H3/b15-11+;. The number of amidine groups is 1. The van der Waals surface area contributed by atoms with Crippen molar-refractivity contribution in [3.8, 4) is 0 Å². The summed E-state index contributed by atoms with van der Waals surface area (Å²) in [7, 11) is 1.50. The second-order valence-electron chi connectivity index (χ2n) is 5.79. The Kier molecular flexibility index (Phi) is 9.10. The molecule has 0 atom stereocenters. The highest BCUT2D eigenvalue weighted by Gasteiger charge is 2.12. The number of thioether (sulfide) groups is 1. The molecule has 0 saturated heterocycles. The molecule has 0 aromatic carbocycles. The lowest BCUT2D eigenvalue weighted by Crippen LogP contribution is -2.27. The molecule has 1 aliphatic heterocycles. The first kappa shape index (κ1) is 21.5. The minimum absolute atomic E-state index is 0.730. The van der Waals surface area contributed by atoms with E-state index in [1.807, 2.05) is 30.6 Å². The Hall–Kier alpha value is -2.77. The summed E-state index contributed by atoms with van der Waals surface area (Å²) in [6.07, 6.45) is 12.1. The number of pyridine rings is 2. The molecular formula is C21H26N6S. The van der Waals surface area contributed by atoms with Crippen LogP contribution in [0.4, 0.5) is 0 Å². The smallest absolute Gasteiger partial charge is 0.127 e. The number of aliphatic imine (C=N–C) groups is 1. The van der Waals surface area contributed by atoms with Crippen LogP contribution in [-0.2, 0) is 6.42 Å². The lowest BCUT2D eigenvalue weighted by Gasteiger charge is -2.15. The topological polar surface area (TPSA) is 88.5 Å². The van der Waals surface area contributed by atoms with Gasteiger partial charge in [0.25, 0.3) is 0 Å². The summed E-state index contributed by atoms with van der Waals surface area (Å²) < 4.78 is 0. The van der Waals surface area contributed by atoms with Gasteiger partial charge in [0.2, 0.25) is 0 Å². The van der Waals surface area contributed by atoms with E-state index >= 15 is 0 Å². The summed E-state index contributed by atoms with van der Waals surface area (Å²) in [6.45, 7) is 6.63. The molecule has 2 aromatic heterocycles. The van der Waals surface area contributed by atoms with Crippen molar-refractivity contribution in [1.82, 2.24) is 15.4 Å². The maximum Gasteiger partial charge on any atom is 0.127 e. The lowest BCUT2D eigenvalue weighted by atomic mass is 10.1. The van der Waals surface area contributed by atoms with Gasteiger partial charge in [0, 0.05) is 31.3 Å². The summed E-state index contributed by atoms with van der Waals surface area (Å²) in [5.41, 5.74) is 12.0. The first-order valence-electron chi connectivity index (χ1n) is 8.98. The summed E-state index contributed by atoms with van der Waals surface area (Å²) in [4.78, 5) is 12.8. The van der Waals surface area contributed by atoms with Crippen LogP contribution >= 0.6 is 11.8 Å². The van der Waals surface area contributed by atoms with Gasteiger partial charge in [-0.15, -0.1) is 0 Å². The van der Waals surface area contributed by atoms with Crippen LogP contribution < -0.4 is 11.2 Å². The molecule has 0 aliphatic carbocycles. The third-order valence-corrected chi connectivity index (χ3v) is 4.98. The van der Waals surface area contributed by atoms with Gasteiger partial charge in [0.05, 0.1) is 5.75 Å². The van der Waals surface area contributed by atoms with Crippen molar-refractivity contribution < 1.29 is 0 Å². The zero-order valence-corrected chi connectivity index (χ0v) is 17.1. The van der Waals surface area contributed by atoms with E-state index in [-0.39, 0.29) is 0 Å². The number of hydrogen-bond donors (Lipinski definition) is 2. The van der Waals surface area contributed by atoms with Gasteiger partial charge in [0.1, 0.15) is 10.9 Å². The molecule has 0 radical (unpaired) electrons. The molecule has 0 bridgehead atoms. The van der Waals surface area contributed by atoms with Gasteiger partial charge in [-0.25, -0.2) is 0 Å². The maximum atomic E-state index is 4.59. The summed E-state index contributed by atoms with van der Waals surface area (Å²) >= 11 is 1.69. The van der Waals surface area contributed by atoms with Crippen LogP contribution in [0.5, 0.6) is 0 Å². The first-order valence-corrected chi connectivity index (χ1v) is 9.96. The Morgan fingerprint density at radius 3 is 2.75 bits per heavy atom. The van der Waals surface area contributed by atoms with Gasteiger partial charge in [0.15, 0.2) is 0 Å². The van der Waals surface area contributed by atoms with Gasteiger partial charge in [-0.05, 0) is 60.9 Å². The molecule has 0 fully saturated rings. The molecule has 7 heteroatoms. The molecule has 0 spiro atoms. The van der Waals surface area contributed by atoms with Gasteiger partial charge in [-0.3, -0.25) is 20.4 Å². The second-order valence-corrected chi connectivity index (χ2v) is 6.76. The fourth-order valence-corrected chi connectivity index (χ4v) is 3.31. The molecule has 3 rings (SSSR count). The number of nitrogens with one attached hydrogen (secondary N) is 1. The fraction of sp³-hybridized carbons (Fsp3) is 0.238. The van der Waals surface area contributed by atoms with Crippen molar-refractivity contribution in [2.45, 2.75) is 13.3 Å². The average molecular weight is 395 g/mol. The molecule has 2 aromatic rings. The van der Waals surface area contributed by atoms with Crippen LogP contribution in [-0.4, -0.2) is 40.2 Å². The van der Waals surface area contributed by atoms with Gasteiger partial charge in [-0.2, -0.15) is 5.10 Å². The van der Waals surface area contributed by atoms with E-state index in [0.717, 1.165) is 46.3 Å². The molecule has 0 unspecified atom stereocenters. The van der Waals surface area contributed by atoms with Crippen LogP contribution in [0.2, 0.25) is 0 Å². The van der Waals surface area contributed by atoms with E-state index in [2.05, 4.69) is 56.9 Å². The minimum Gasteiger partial charge on any atom is -0.333 e. The van der Waals surface area contributed by atoms with Crippen LogP contribution in [0.3, 0.4) is 0 Å². The third kappa shape index (κ3) is 6.44. The first-order chi connectivity index (χ1) is 13.8. The molecule has 3 N–H and O–H groups in total. The monoisotopic (exact) mass is 394 g/mol. The SMILES string of the molecule is C=Cc1cnccc1/C=C(\C)C1=NNC(=NCCc2cccnc2)CS1.CN. The Morgan fingerprint density at radius 1 is 1.25 bits per heavy atom. The van der Waals surface area contributed by atoms with Gasteiger partial charge in [-0.1, -0.05) is 30.5 Å². The minimum atomic E-state index is 0.730. The summed E-state index contributed by atoms with van der Waals surface area (Å²) in [5.74, 6) is 1.70. The quantitative estimate of drug-likeness (QED) is 0.784. The zero-order valence-electron chi connectivity index (χ0n) is 16.3.